The van der Waals surface area contributed by atoms with Gasteiger partial charge in [0.05, 0.1) is 12.8 Å². The Kier molecular flexibility index (Phi) is 4.63. The summed E-state index contributed by atoms with van der Waals surface area (Å²) in [6, 6.07) is 12.8. The van der Waals surface area contributed by atoms with E-state index in [2.05, 4.69) is 5.32 Å². The average Bonchev–Trinajstić information content (AvgIpc) is 2.48. The molecule has 114 valence electrons. The lowest BCUT2D eigenvalue weighted by atomic mass is 10.2. The Morgan fingerprint density at radius 1 is 1.14 bits per heavy atom. The van der Waals surface area contributed by atoms with Gasteiger partial charge in [0.25, 0.3) is 0 Å². The molecule has 6 nitrogen and oxygen atoms in total. The van der Waals surface area contributed by atoms with Crippen LogP contribution < -0.4 is 20.7 Å². The van der Waals surface area contributed by atoms with E-state index in [0.29, 0.717) is 22.8 Å². The molecule has 0 aromatic heterocycles. The summed E-state index contributed by atoms with van der Waals surface area (Å²) in [4.78, 5) is 25.2. The lowest BCUT2D eigenvalue weighted by molar-refractivity contribution is -0.115. The predicted octanol–water partition coefficient (Wildman–Crippen LogP) is 2.86. The number of nitrogens with two attached hydrogens (primary N) is 1. The molecule has 0 unspecified atom stereocenters. The number of hydrogen-bond acceptors (Lipinski definition) is 4. The molecule has 0 atom stereocenters. The van der Waals surface area contributed by atoms with Crippen LogP contribution in [0.2, 0.25) is 0 Å². The number of urea groups is 1. The van der Waals surface area contributed by atoms with Crippen molar-refractivity contribution in [2.45, 2.75) is 6.92 Å². The Balaban J connectivity index is 2.21. The fourth-order valence-corrected chi connectivity index (χ4v) is 1.96. The highest BCUT2D eigenvalue weighted by atomic mass is 16.5. The third-order valence-corrected chi connectivity index (χ3v) is 2.99. The molecule has 6 heteroatoms. The van der Waals surface area contributed by atoms with E-state index in [4.69, 9.17) is 10.5 Å². The number of amides is 3. The molecule has 2 aromatic carbocycles. The first-order valence-electron chi connectivity index (χ1n) is 6.62. The Morgan fingerprint density at radius 3 is 2.36 bits per heavy atom. The second-order valence-electron chi connectivity index (χ2n) is 4.61. The van der Waals surface area contributed by atoms with Gasteiger partial charge in [-0.1, -0.05) is 6.07 Å². The van der Waals surface area contributed by atoms with Crippen molar-refractivity contribution >= 4 is 29.0 Å². The third kappa shape index (κ3) is 3.54. The van der Waals surface area contributed by atoms with Gasteiger partial charge in [-0.05, 0) is 42.5 Å². The van der Waals surface area contributed by atoms with Crippen LogP contribution in [-0.2, 0) is 4.79 Å². The monoisotopic (exact) mass is 299 g/mol. The molecule has 0 heterocycles. The molecule has 0 bridgehead atoms. The summed E-state index contributed by atoms with van der Waals surface area (Å²) in [5.74, 6) is 0.272. The van der Waals surface area contributed by atoms with Crippen molar-refractivity contribution in [2.24, 2.45) is 0 Å². The van der Waals surface area contributed by atoms with Gasteiger partial charge in [0.2, 0.25) is 5.91 Å². The van der Waals surface area contributed by atoms with Crippen LogP contribution >= 0.6 is 0 Å². The summed E-state index contributed by atoms with van der Waals surface area (Å²) in [7, 11) is 1.56. The maximum atomic E-state index is 12.3. The fourth-order valence-electron chi connectivity index (χ4n) is 1.96. The molecule has 0 saturated heterocycles. The number of nitrogens with one attached hydrogen (secondary N) is 1. The van der Waals surface area contributed by atoms with E-state index < -0.39 is 11.9 Å². The Bertz CT molecular complexity index is 683. The van der Waals surface area contributed by atoms with Crippen LogP contribution in [0.1, 0.15) is 6.92 Å². The minimum Gasteiger partial charge on any atom is -0.497 e. The molecule has 0 spiro atoms. The SMILES string of the molecule is COc1ccc(NC(=O)N(C(C)=O)c2cccc(N)c2)cc1. The smallest absolute Gasteiger partial charge is 0.333 e. The number of nitrogen functional groups attached to an aromatic ring is 1. The number of anilines is 3. The number of hydrogen-bond donors (Lipinski definition) is 2. The summed E-state index contributed by atoms with van der Waals surface area (Å²) in [6.45, 7) is 1.32. The first-order chi connectivity index (χ1) is 10.5. The third-order valence-electron chi connectivity index (χ3n) is 2.99. The summed E-state index contributed by atoms with van der Waals surface area (Å²) in [5.41, 5.74) is 7.14. The summed E-state index contributed by atoms with van der Waals surface area (Å²) in [6.07, 6.45) is 0. The van der Waals surface area contributed by atoms with Gasteiger partial charge in [0, 0.05) is 18.3 Å². The minimum absolute atomic E-state index is 0.406. The zero-order valence-electron chi connectivity index (χ0n) is 12.4. The average molecular weight is 299 g/mol. The summed E-state index contributed by atoms with van der Waals surface area (Å²) < 4.78 is 5.05. The molecule has 0 aliphatic carbocycles. The molecule has 0 radical (unpaired) electrons. The van der Waals surface area contributed by atoms with Crippen molar-refractivity contribution < 1.29 is 14.3 Å². The zero-order valence-corrected chi connectivity index (χ0v) is 12.4. The molecule has 22 heavy (non-hydrogen) atoms. The number of carbonyl (C=O) groups is 2. The van der Waals surface area contributed by atoms with E-state index in [1.165, 1.54) is 6.92 Å². The van der Waals surface area contributed by atoms with Crippen LogP contribution in [0.4, 0.5) is 21.9 Å². The number of nitrogens with zero attached hydrogens (tertiary/aromatic N) is 1. The summed E-state index contributed by atoms with van der Waals surface area (Å²) in [5, 5.41) is 2.66. The number of carbonyl (C=O) groups excluding carboxylic acids is 2. The number of imide groups is 1. The zero-order chi connectivity index (χ0) is 16.1. The molecule has 3 N–H and O–H groups in total. The number of ether oxygens (including phenoxy) is 1. The van der Waals surface area contributed by atoms with Crippen molar-refractivity contribution in [3.8, 4) is 5.75 Å². The summed E-state index contributed by atoms with van der Waals surface area (Å²) >= 11 is 0. The van der Waals surface area contributed by atoms with Crippen LogP contribution in [-0.4, -0.2) is 19.0 Å². The highest BCUT2D eigenvalue weighted by molar-refractivity contribution is 6.17. The minimum atomic E-state index is -0.553. The van der Waals surface area contributed by atoms with Gasteiger partial charge in [0.15, 0.2) is 0 Å². The molecule has 0 saturated carbocycles. The first kappa shape index (κ1) is 15.4. The number of benzene rings is 2. The lowest BCUT2D eigenvalue weighted by Gasteiger charge is -2.20. The van der Waals surface area contributed by atoms with Crippen LogP contribution in [0.25, 0.3) is 0 Å². The molecular weight excluding hydrogens is 282 g/mol. The van der Waals surface area contributed by atoms with E-state index in [9.17, 15) is 9.59 Å². The molecule has 3 amide bonds. The largest absolute Gasteiger partial charge is 0.497 e. The van der Waals surface area contributed by atoms with Crippen molar-refractivity contribution in [1.82, 2.24) is 0 Å². The van der Waals surface area contributed by atoms with E-state index in [0.717, 1.165) is 4.90 Å². The standard InChI is InChI=1S/C16H17N3O3/c1-11(20)19(14-5-3-4-12(17)10-14)16(21)18-13-6-8-15(22-2)9-7-13/h3-10H,17H2,1-2H3,(H,18,21). The molecule has 0 aliphatic rings. The molecule has 0 fully saturated rings. The second kappa shape index (κ2) is 6.62. The highest BCUT2D eigenvalue weighted by Crippen LogP contribution is 2.20. The van der Waals surface area contributed by atoms with E-state index in [1.807, 2.05) is 0 Å². The molecule has 0 aliphatic heterocycles. The van der Waals surface area contributed by atoms with Gasteiger partial charge in [-0.2, -0.15) is 0 Å². The van der Waals surface area contributed by atoms with E-state index in [-0.39, 0.29) is 0 Å². The highest BCUT2D eigenvalue weighted by Gasteiger charge is 2.20. The van der Waals surface area contributed by atoms with Crippen molar-refractivity contribution in [1.29, 1.82) is 0 Å². The quantitative estimate of drug-likeness (QED) is 0.853. The van der Waals surface area contributed by atoms with Gasteiger partial charge in [-0.3, -0.25) is 4.79 Å². The lowest BCUT2D eigenvalue weighted by Crippen LogP contribution is -2.38. The number of methoxy groups -OCH3 is 1. The molecule has 2 aromatic rings. The van der Waals surface area contributed by atoms with Crippen LogP contribution in [0.5, 0.6) is 5.75 Å². The Labute approximate surface area is 128 Å². The van der Waals surface area contributed by atoms with Crippen LogP contribution in [0.3, 0.4) is 0 Å². The molecule has 2 rings (SSSR count). The Morgan fingerprint density at radius 2 is 1.82 bits per heavy atom. The first-order valence-corrected chi connectivity index (χ1v) is 6.62. The second-order valence-corrected chi connectivity index (χ2v) is 4.61. The molecular formula is C16H17N3O3. The normalized spacial score (nSPS) is 9.91. The van der Waals surface area contributed by atoms with Gasteiger partial charge >= 0.3 is 6.03 Å². The van der Waals surface area contributed by atoms with Gasteiger partial charge in [-0.15, -0.1) is 0 Å². The van der Waals surface area contributed by atoms with Gasteiger partial charge in [-0.25, -0.2) is 9.69 Å². The van der Waals surface area contributed by atoms with Crippen molar-refractivity contribution in [2.75, 3.05) is 23.1 Å². The fraction of sp³-hybridized carbons (Fsp3) is 0.125. The van der Waals surface area contributed by atoms with Gasteiger partial charge in [0.1, 0.15) is 5.75 Å². The maximum absolute atomic E-state index is 12.3. The topological polar surface area (TPSA) is 84.7 Å². The predicted molar refractivity (Wildman–Crippen MR) is 86.0 cm³/mol. The van der Waals surface area contributed by atoms with Crippen LogP contribution in [0, 0.1) is 0 Å². The van der Waals surface area contributed by atoms with Gasteiger partial charge < -0.3 is 15.8 Å². The Hall–Kier alpha value is -3.02. The van der Waals surface area contributed by atoms with Crippen molar-refractivity contribution in [3.05, 3.63) is 48.5 Å². The van der Waals surface area contributed by atoms with Crippen LogP contribution in [0.15, 0.2) is 48.5 Å². The van der Waals surface area contributed by atoms with E-state index >= 15 is 0 Å². The van der Waals surface area contributed by atoms with Crippen molar-refractivity contribution in [3.63, 3.8) is 0 Å². The van der Waals surface area contributed by atoms with E-state index in [1.54, 1.807) is 55.6 Å². The maximum Gasteiger partial charge on any atom is 0.333 e. The number of rotatable bonds is 3.